The van der Waals surface area contributed by atoms with E-state index in [0.717, 1.165) is 4.68 Å². The molecule has 2 aromatic rings. The number of nitrogens with zero attached hydrogens (tertiary/aromatic N) is 4. The Morgan fingerprint density at radius 2 is 1.73 bits per heavy atom. The van der Waals surface area contributed by atoms with E-state index in [4.69, 9.17) is 20.9 Å². The molecule has 4 N–H and O–H groups in total. The van der Waals surface area contributed by atoms with Crippen molar-refractivity contribution in [2.75, 3.05) is 20.8 Å². The lowest BCUT2D eigenvalue weighted by molar-refractivity contribution is -0.146. The lowest BCUT2D eigenvalue weighted by Gasteiger charge is -2.26. The summed E-state index contributed by atoms with van der Waals surface area (Å²) in [6.45, 7) is 0.166. The third kappa shape index (κ3) is 3.54. The highest BCUT2D eigenvalue weighted by Crippen LogP contribution is 2.32. The largest absolute Gasteiger partial charge is 0.497 e. The molecule has 2 heterocycles. The van der Waals surface area contributed by atoms with Crippen molar-refractivity contribution in [2.45, 2.75) is 18.5 Å². The van der Waals surface area contributed by atoms with Crippen LogP contribution >= 0.6 is 0 Å². The maximum atomic E-state index is 13.1. The quantitative estimate of drug-likeness (QED) is 0.571. The Morgan fingerprint density at radius 1 is 1.07 bits per heavy atom. The van der Waals surface area contributed by atoms with Crippen LogP contribution in [0.2, 0.25) is 0 Å². The number of nitrogens with two attached hydrogens (primary N) is 2. The summed E-state index contributed by atoms with van der Waals surface area (Å²) < 4.78 is 11.0. The van der Waals surface area contributed by atoms with E-state index in [-0.39, 0.29) is 18.7 Å². The first-order valence-corrected chi connectivity index (χ1v) is 8.87. The van der Waals surface area contributed by atoms with E-state index in [1.807, 2.05) is 0 Å². The predicted octanol–water partition coefficient (Wildman–Crippen LogP) is -0.887. The van der Waals surface area contributed by atoms with Gasteiger partial charge in [0.05, 0.1) is 20.3 Å². The fourth-order valence-electron chi connectivity index (χ4n) is 3.49. The maximum absolute atomic E-state index is 13.1. The van der Waals surface area contributed by atoms with Crippen LogP contribution in [0.5, 0.6) is 5.75 Å². The Morgan fingerprint density at radius 3 is 2.27 bits per heavy atom. The van der Waals surface area contributed by atoms with Crippen LogP contribution < -0.4 is 16.2 Å². The summed E-state index contributed by atoms with van der Waals surface area (Å²) in [5, 5.41) is 7.42. The topological polar surface area (TPSA) is 173 Å². The van der Waals surface area contributed by atoms with Gasteiger partial charge in [0.25, 0.3) is 17.7 Å². The van der Waals surface area contributed by atoms with E-state index in [1.54, 1.807) is 24.3 Å². The fraction of sp³-hybridized carbons (Fsp3) is 0.333. The summed E-state index contributed by atoms with van der Waals surface area (Å²) in [6.07, 6.45) is 0.240. The van der Waals surface area contributed by atoms with Crippen LogP contribution in [0.15, 0.2) is 24.3 Å². The highest BCUT2D eigenvalue weighted by atomic mass is 16.5. The van der Waals surface area contributed by atoms with Crippen molar-refractivity contribution < 1.29 is 28.7 Å². The van der Waals surface area contributed by atoms with Gasteiger partial charge in [-0.25, -0.2) is 9.48 Å². The first-order chi connectivity index (χ1) is 14.3. The zero-order valence-electron chi connectivity index (χ0n) is 16.3. The number of benzene rings is 1. The molecule has 0 unspecified atom stereocenters. The molecule has 12 nitrogen and oxygen atoms in total. The van der Waals surface area contributed by atoms with Gasteiger partial charge in [-0.1, -0.05) is 5.21 Å². The van der Waals surface area contributed by atoms with Gasteiger partial charge in [-0.3, -0.25) is 14.4 Å². The molecule has 1 aromatic carbocycles. The fourth-order valence-corrected chi connectivity index (χ4v) is 3.49. The van der Waals surface area contributed by atoms with E-state index in [0.29, 0.717) is 11.3 Å². The normalized spacial score (nSPS) is 18.1. The average Bonchev–Trinajstić information content (AvgIpc) is 3.37. The third-order valence-electron chi connectivity index (χ3n) is 4.88. The molecule has 3 rings (SSSR count). The van der Waals surface area contributed by atoms with Gasteiger partial charge in [-0.05, 0) is 30.7 Å². The number of primary amides is 2. The van der Waals surface area contributed by atoms with Crippen molar-refractivity contribution in [1.29, 1.82) is 0 Å². The molecule has 2 atom stereocenters. The van der Waals surface area contributed by atoms with E-state index < -0.39 is 41.5 Å². The number of hydrogen-bond acceptors (Lipinski definition) is 8. The van der Waals surface area contributed by atoms with Gasteiger partial charge in [0, 0.05) is 12.1 Å². The summed E-state index contributed by atoms with van der Waals surface area (Å²) in [6, 6.07) is 4.43. The van der Waals surface area contributed by atoms with Crippen LogP contribution in [0.3, 0.4) is 0 Å². The summed E-state index contributed by atoms with van der Waals surface area (Å²) in [4.78, 5) is 50.4. The molecule has 1 aromatic heterocycles. The lowest BCUT2D eigenvalue weighted by atomic mass is 10.1. The molecule has 1 saturated heterocycles. The van der Waals surface area contributed by atoms with Gasteiger partial charge in [-0.15, -0.1) is 5.10 Å². The van der Waals surface area contributed by atoms with Crippen molar-refractivity contribution in [2.24, 2.45) is 11.5 Å². The summed E-state index contributed by atoms with van der Waals surface area (Å²) in [5.74, 6) is -2.55. The molecule has 3 amide bonds. The van der Waals surface area contributed by atoms with E-state index in [2.05, 4.69) is 10.3 Å². The maximum Gasteiger partial charge on any atom is 0.330 e. The van der Waals surface area contributed by atoms with E-state index in [9.17, 15) is 19.2 Å². The molecule has 0 saturated carbocycles. The molecule has 1 aliphatic rings. The van der Waals surface area contributed by atoms with Crippen molar-refractivity contribution in [3.63, 3.8) is 0 Å². The molecular weight excluding hydrogens is 396 g/mol. The summed E-state index contributed by atoms with van der Waals surface area (Å²) >= 11 is 0. The Kier molecular flexibility index (Phi) is 5.67. The third-order valence-corrected chi connectivity index (χ3v) is 4.88. The van der Waals surface area contributed by atoms with Gasteiger partial charge in [0.1, 0.15) is 5.75 Å². The van der Waals surface area contributed by atoms with E-state index >= 15 is 0 Å². The van der Waals surface area contributed by atoms with Crippen molar-refractivity contribution in [1.82, 2.24) is 19.9 Å². The SMILES string of the molecule is COC(=O)[C@@H]1[C@@H](n2nnc(C(N)=O)c2C(N)=O)CCN1C(=O)c1ccc(OC)cc1. The molecule has 158 valence electrons. The zero-order chi connectivity index (χ0) is 22.0. The van der Waals surface area contributed by atoms with Crippen LogP contribution in [-0.4, -0.2) is 70.4 Å². The molecule has 0 bridgehead atoms. The Bertz CT molecular complexity index is 1000. The second-order valence-corrected chi connectivity index (χ2v) is 6.51. The molecular formula is C18H20N6O6. The Balaban J connectivity index is 2.00. The number of hydrogen-bond donors (Lipinski definition) is 2. The lowest BCUT2D eigenvalue weighted by Crippen LogP contribution is -2.45. The second kappa shape index (κ2) is 8.19. The van der Waals surface area contributed by atoms with Crippen LogP contribution in [0.25, 0.3) is 0 Å². The number of ether oxygens (including phenoxy) is 2. The number of esters is 1. The number of amides is 3. The van der Waals surface area contributed by atoms with Gasteiger partial charge in [0.2, 0.25) is 0 Å². The number of likely N-dealkylation sites (tertiary alicyclic amines) is 1. The second-order valence-electron chi connectivity index (χ2n) is 6.51. The molecule has 0 spiro atoms. The zero-order valence-corrected chi connectivity index (χ0v) is 16.3. The van der Waals surface area contributed by atoms with Gasteiger partial charge in [-0.2, -0.15) is 0 Å². The standard InChI is InChI=1S/C18H20N6O6/c1-29-10-5-3-9(4-6-10)17(27)23-8-7-11(13(23)18(28)30-2)24-14(16(20)26)12(15(19)25)21-22-24/h3-6,11,13H,7-8H2,1-2H3,(H2,19,25)(H2,20,26)/t11-,13-/m0/s1. The Hall–Kier alpha value is -3.96. The molecule has 1 aliphatic heterocycles. The van der Waals surface area contributed by atoms with Gasteiger partial charge in [0.15, 0.2) is 17.4 Å². The van der Waals surface area contributed by atoms with E-state index in [1.165, 1.54) is 19.1 Å². The van der Waals surface area contributed by atoms with Crippen LogP contribution in [0.1, 0.15) is 43.8 Å². The molecule has 0 aliphatic carbocycles. The molecule has 1 fully saturated rings. The molecule has 30 heavy (non-hydrogen) atoms. The number of rotatable bonds is 6. The van der Waals surface area contributed by atoms with Crippen LogP contribution in [0, 0.1) is 0 Å². The summed E-state index contributed by atoms with van der Waals surface area (Å²) in [7, 11) is 2.68. The van der Waals surface area contributed by atoms with Crippen molar-refractivity contribution in [3.05, 3.63) is 41.2 Å². The first kappa shape index (κ1) is 20.8. The number of carbonyl (C=O) groups is 4. The van der Waals surface area contributed by atoms with Crippen molar-refractivity contribution >= 4 is 23.7 Å². The number of methoxy groups -OCH3 is 2. The highest BCUT2D eigenvalue weighted by Gasteiger charge is 2.46. The van der Waals surface area contributed by atoms with Gasteiger partial charge < -0.3 is 25.8 Å². The minimum atomic E-state index is -1.12. The minimum Gasteiger partial charge on any atom is -0.497 e. The predicted molar refractivity (Wildman–Crippen MR) is 101 cm³/mol. The van der Waals surface area contributed by atoms with Crippen LogP contribution in [0.4, 0.5) is 0 Å². The Labute approximate surface area is 170 Å². The molecule has 12 heteroatoms. The highest BCUT2D eigenvalue weighted by molar-refractivity contribution is 6.03. The first-order valence-electron chi connectivity index (χ1n) is 8.87. The van der Waals surface area contributed by atoms with Crippen LogP contribution in [-0.2, 0) is 9.53 Å². The van der Waals surface area contributed by atoms with Gasteiger partial charge >= 0.3 is 5.97 Å². The number of aromatic nitrogens is 3. The number of carbonyl (C=O) groups excluding carboxylic acids is 4. The summed E-state index contributed by atoms with van der Waals surface area (Å²) in [5.41, 5.74) is 10.2. The minimum absolute atomic E-state index is 0.166. The smallest absolute Gasteiger partial charge is 0.330 e. The molecule has 0 radical (unpaired) electrons. The average molecular weight is 416 g/mol. The monoisotopic (exact) mass is 416 g/mol. The van der Waals surface area contributed by atoms with Crippen molar-refractivity contribution in [3.8, 4) is 5.75 Å².